The predicted octanol–water partition coefficient (Wildman–Crippen LogP) is 1.42. The van der Waals surface area contributed by atoms with Gasteiger partial charge in [0, 0.05) is 5.97 Å². The van der Waals surface area contributed by atoms with Crippen molar-refractivity contribution >= 4 is 5.97 Å². The molecule has 0 aliphatic heterocycles. The van der Waals surface area contributed by atoms with Crippen molar-refractivity contribution < 1.29 is 14.8 Å². The normalized spacial score (nSPS) is 10.1. The second-order valence-corrected chi connectivity index (χ2v) is 5.16. The fraction of sp³-hybridized carbons (Fsp3) is 0.933. The smallest absolute Gasteiger partial charge is 0.0766 e. The van der Waals surface area contributed by atoms with Gasteiger partial charge in [-0.3, -0.25) is 0 Å². The number of carbonyl (C=O) groups excluding carboxylic acids is 1. The van der Waals surface area contributed by atoms with E-state index in [0.29, 0.717) is 0 Å². The van der Waals surface area contributed by atoms with Gasteiger partial charge < -0.3 is 14.8 Å². The largest absolute Gasteiger partial charge is 0.550 e. The van der Waals surface area contributed by atoms with Gasteiger partial charge in [-0.25, -0.2) is 0 Å². The maximum atomic E-state index is 9.26. The van der Waals surface area contributed by atoms with Crippen molar-refractivity contribution in [3.8, 4) is 0 Å². The van der Waals surface area contributed by atoms with Crippen molar-refractivity contribution in [3.05, 3.63) is 0 Å². The number of nitrogens with one attached hydrogen (secondary N) is 1. The zero-order chi connectivity index (χ0) is 14.2. The van der Waals surface area contributed by atoms with Crippen LogP contribution in [-0.2, 0) is 4.79 Å². The number of carboxylic acids is 1. The molecule has 0 saturated carbocycles. The van der Waals surface area contributed by atoms with Crippen LogP contribution in [0.15, 0.2) is 0 Å². The Balaban J connectivity index is 0. The van der Waals surface area contributed by atoms with Gasteiger partial charge in [0.25, 0.3) is 0 Å². The van der Waals surface area contributed by atoms with Crippen LogP contribution >= 0.6 is 0 Å². The molecule has 0 aliphatic rings. The van der Waals surface area contributed by atoms with Crippen LogP contribution in [0.4, 0.5) is 0 Å². The summed E-state index contributed by atoms with van der Waals surface area (Å²) in [7, 11) is 4.47. The minimum atomic E-state index is -0.995. The van der Waals surface area contributed by atoms with Crippen molar-refractivity contribution in [2.24, 2.45) is 0 Å². The molecule has 18 heavy (non-hydrogen) atoms. The van der Waals surface area contributed by atoms with Crippen LogP contribution < -0.4 is 10.0 Å². The highest BCUT2D eigenvalue weighted by Crippen LogP contribution is 2.07. The van der Waals surface area contributed by atoms with Crippen LogP contribution in [0, 0.1) is 0 Å². The highest BCUT2D eigenvalue weighted by Gasteiger charge is 1.94. The molecule has 0 heterocycles. The van der Waals surface area contributed by atoms with Crippen LogP contribution in [0.5, 0.6) is 0 Å². The van der Waals surface area contributed by atoms with Gasteiger partial charge in [-0.1, -0.05) is 52.4 Å². The zero-order valence-electron chi connectivity index (χ0n) is 12.9. The molecule has 0 saturated heterocycles. The van der Waals surface area contributed by atoms with Gasteiger partial charge in [0.2, 0.25) is 0 Å². The van der Waals surface area contributed by atoms with Gasteiger partial charge in [0.1, 0.15) is 0 Å². The van der Waals surface area contributed by atoms with Gasteiger partial charge in [-0.2, -0.15) is 0 Å². The predicted molar refractivity (Wildman–Crippen MR) is 75.6 cm³/mol. The Labute approximate surface area is 114 Å². The Morgan fingerprint density at radius 1 is 0.889 bits per heavy atom. The zero-order valence-corrected chi connectivity index (χ0v) is 12.9. The van der Waals surface area contributed by atoms with Gasteiger partial charge in [-0.05, 0) is 19.3 Å². The van der Waals surface area contributed by atoms with E-state index in [1.807, 2.05) is 0 Å². The van der Waals surface area contributed by atoms with Crippen LogP contribution in [0.2, 0.25) is 0 Å². The van der Waals surface area contributed by atoms with Gasteiger partial charge in [0.15, 0.2) is 0 Å². The Bertz CT molecular complexity index is 170. The van der Waals surface area contributed by atoms with Crippen molar-refractivity contribution in [2.75, 3.05) is 20.6 Å². The van der Waals surface area contributed by atoms with E-state index in [-0.39, 0.29) is 6.42 Å². The maximum absolute atomic E-state index is 9.26. The molecule has 0 aromatic carbocycles. The van der Waals surface area contributed by atoms with E-state index in [1.54, 1.807) is 4.90 Å². The van der Waals surface area contributed by atoms with E-state index < -0.39 is 5.97 Å². The van der Waals surface area contributed by atoms with Crippen LogP contribution in [-0.4, -0.2) is 26.6 Å². The third kappa shape index (κ3) is 24.6. The first kappa shape index (κ1) is 19.8. The molecular weight excluding hydrogens is 226 g/mol. The first-order valence-electron chi connectivity index (χ1n) is 7.53. The van der Waals surface area contributed by atoms with E-state index in [4.69, 9.17) is 0 Å². The maximum Gasteiger partial charge on any atom is 0.0766 e. The Morgan fingerprint density at radius 2 is 1.28 bits per heavy atom. The number of aliphatic carboxylic acids is 1. The third-order valence-electron chi connectivity index (χ3n) is 2.82. The van der Waals surface area contributed by atoms with Gasteiger partial charge in [-0.15, -0.1) is 0 Å². The molecule has 0 aliphatic carbocycles. The van der Waals surface area contributed by atoms with Crippen LogP contribution in [0.3, 0.4) is 0 Å². The molecule has 110 valence electrons. The second-order valence-electron chi connectivity index (χ2n) is 5.16. The topological polar surface area (TPSA) is 44.6 Å². The molecule has 3 nitrogen and oxygen atoms in total. The molecule has 0 amide bonds. The number of hydrogen-bond donors (Lipinski definition) is 1. The molecule has 0 aromatic rings. The molecule has 0 radical (unpaired) electrons. The third-order valence-corrected chi connectivity index (χ3v) is 2.82. The quantitative estimate of drug-likeness (QED) is 0.603. The Hall–Kier alpha value is -0.570. The van der Waals surface area contributed by atoms with E-state index in [1.165, 1.54) is 64.8 Å². The minimum Gasteiger partial charge on any atom is -0.550 e. The lowest BCUT2D eigenvalue weighted by Gasteiger charge is -2.06. The highest BCUT2D eigenvalue weighted by molar-refractivity contribution is 5.63. The fourth-order valence-corrected chi connectivity index (χ4v) is 1.61. The number of hydrogen-bond acceptors (Lipinski definition) is 2. The molecule has 0 bridgehead atoms. The van der Waals surface area contributed by atoms with E-state index in [0.717, 1.165) is 0 Å². The summed E-state index contributed by atoms with van der Waals surface area (Å²) in [6.07, 6.45) is 11.6. The number of rotatable bonds is 10. The first-order valence-corrected chi connectivity index (χ1v) is 7.53. The molecule has 0 unspecified atom stereocenters. The number of carboxylic acid groups (broad SMARTS) is 1. The SMILES string of the molecule is CCC(=O)[O-].CCCCCCCCCC[NH+](C)C. The lowest BCUT2D eigenvalue weighted by Crippen LogP contribution is -3.05. The first-order chi connectivity index (χ1) is 8.54. The summed E-state index contributed by atoms with van der Waals surface area (Å²) in [5.74, 6) is -0.995. The average molecular weight is 259 g/mol. The van der Waals surface area contributed by atoms with Crippen molar-refractivity contribution in [1.82, 2.24) is 0 Å². The molecule has 0 spiro atoms. The molecule has 0 atom stereocenters. The minimum absolute atomic E-state index is 0.111. The highest BCUT2D eigenvalue weighted by atomic mass is 16.4. The lowest BCUT2D eigenvalue weighted by molar-refractivity contribution is -0.858. The fourth-order valence-electron chi connectivity index (χ4n) is 1.61. The number of carbonyl (C=O) groups is 1. The van der Waals surface area contributed by atoms with Crippen molar-refractivity contribution in [1.29, 1.82) is 0 Å². The van der Waals surface area contributed by atoms with E-state index in [9.17, 15) is 9.90 Å². The van der Waals surface area contributed by atoms with E-state index in [2.05, 4.69) is 21.0 Å². The number of unbranched alkanes of at least 4 members (excludes halogenated alkanes) is 7. The van der Waals surface area contributed by atoms with Crippen molar-refractivity contribution in [3.63, 3.8) is 0 Å². The van der Waals surface area contributed by atoms with Crippen LogP contribution in [0.1, 0.15) is 71.6 Å². The lowest BCUT2D eigenvalue weighted by atomic mass is 10.1. The Morgan fingerprint density at radius 3 is 1.61 bits per heavy atom. The summed E-state index contributed by atoms with van der Waals surface area (Å²) in [6, 6.07) is 0. The summed E-state index contributed by atoms with van der Waals surface area (Å²) in [4.78, 5) is 10.8. The van der Waals surface area contributed by atoms with Crippen molar-refractivity contribution in [2.45, 2.75) is 71.6 Å². The molecule has 0 rings (SSSR count). The van der Waals surface area contributed by atoms with Gasteiger partial charge in [0.05, 0.1) is 20.6 Å². The monoisotopic (exact) mass is 259 g/mol. The summed E-state index contributed by atoms with van der Waals surface area (Å²) in [5.41, 5.74) is 0. The molecule has 1 N–H and O–H groups in total. The number of quaternary nitrogens is 1. The Kier molecular flexibility index (Phi) is 18.0. The summed E-state index contributed by atoms with van der Waals surface area (Å²) >= 11 is 0. The van der Waals surface area contributed by atoms with Crippen LogP contribution in [0.25, 0.3) is 0 Å². The standard InChI is InChI=1S/C12H27N.C3H6O2/c1-4-5-6-7-8-9-10-11-12-13(2)3;1-2-3(4)5/h4-12H2,1-3H3;2H2,1H3,(H,4,5). The van der Waals surface area contributed by atoms with E-state index >= 15 is 0 Å². The summed E-state index contributed by atoms with van der Waals surface area (Å²) in [6.45, 7) is 5.16. The summed E-state index contributed by atoms with van der Waals surface area (Å²) in [5, 5.41) is 9.26. The average Bonchev–Trinajstić information content (AvgIpc) is 2.33. The molecule has 0 aromatic heterocycles. The molecular formula is C15H33NO2. The van der Waals surface area contributed by atoms with Gasteiger partial charge >= 0.3 is 0 Å². The second kappa shape index (κ2) is 16.4. The summed E-state index contributed by atoms with van der Waals surface area (Å²) < 4.78 is 0. The molecule has 0 fully saturated rings. The molecule has 3 heteroatoms.